The molecule has 3 aromatic rings. The molecule has 0 amide bonds. The van der Waals surface area contributed by atoms with Gasteiger partial charge >= 0.3 is 0 Å². The number of pyridine rings is 1. The lowest BCUT2D eigenvalue weighted by molar-refractivity contribution is 0.731. The van der Waals surface area contributed by atoms with Crippen molar-refractivity contribution in [3.8, 4) is 0 Å². The third-order valence-electron chi connectivity index (χ3n) is 3.25. The molecular weight excluding hydrogens is 399 g/mol. The first kappa shape index (κ1) is 14.6. The highest BCUT2D eigenvalue weighted by molar-refractivity contribution is 14.1. The summed E-state index contributed by atoms with van der Waals surface area (Å²) in [6, 6.07) is 7.59. The van der Waals surface area contributed by atoms with E-state index in [9.17, 15) is 4.79 Å². The number of aromatic nitrogens is 4. The van der Waals surface area contributed by atoms with Gasteiger partial charge in [0.25, 0.3) is 5.56 Å². The number of fused-ring (bicyclic) bond motifs is 1. The molecule has 3 aromatic heterocycles. The van der Waals surface area contributed by atoms with E-state index in [4.69, 9.17) is 0 Å². The Balaban J connectivity index is 2.14. The molecule has 0 aliphatic rings. The van der Waals surface area contributed by atoms with E-state index in [2.05, 4.69) is 43.3 Å². The van der Waals surface area contributed by atoms with E-state index in [1.54, 1.807) is 6.07 Å². The number of thioether (sulfide) groups is 1. The second kappa shape index (κ2) is 5.80. The highest BCUT2D eigenvalue weighted by Crippen LogP contribution is 2.17. The van der Waals surface area contributed by atoms with E-state index in [0.29, 0.717) is 6.54 Å². The van der Waals surface area contributed by atoms with Crippen molar-refractivity contribution >= 4 is 40.0 Å². The number of hydrogen-bond acceptors (Lipinski definition) is 4. The fourth-order valence-corrected chi connectivity index (χ4v) is 2.90. The summed E-state index contributed by atoms with van der Waals surface area (Å²) < 4.78 is 4.50. The molecule has 21 heavy (non-hydrogen) atoms. The Morgan fingerprint density at radius 1 is 1.33 bits per heavy atom. The van der Waals surface area contributed by atoms with Gasteiger partial charge in [0.1, 0.15) is 14.4 Å². The molecule has 3 rings (SSSR count). The highest BCUT2D eigenvalue weighted by Gasteiger charge is 2.10. The van der Waals surface area contributed by atoms with E-state index in [1.165, 1.54) is 16.3 Å². The van der Waals surface area contributed by atoms with Gasteiger partial charge in [-0.2, -0.15) is 9.61 Å². The summed E-state index contributed by atoms with van der Waals surface area (Å²) in [6.45, 7) is 2.60. The van der Waals surface area contributed by atoms with Crippen LogP contribution in [0.15, 0.2) is 40.3 Å². The molecule has 0 aliphatic heterocycles. The van der Waals surface area contributed by atoms with Gasteiger partial charge in [-0.15, -0.1) is 11.8 Å². The molecule has 0 aliphatic carbocycles. The Morgan fingerprint density at radius 2 is 2.14 bits per heavy atom. The largest absolute Gasteiger partial charge is 0.326 e. The summed E-state index contributed by atoms with van der Waals surface area (Å²) in [5, 5.41) is 5.16. The van der Waals surface area contributed by atoms with E-state index in [0.717, 1.165) is 25.6 Å². The lowest BCUT2D eigenvalue weighted by Gasteiger charge is -2.12. The standard InChI is InChI=1S/C14H13IN4OS/c1-9-5-14(20)19-13(6-12(17-19)21-2)18(9)8-10-3-4-11(15)16-7-10/h3-7H,8H2,1-2H3. The van der Waals surface area contributed by atoms with Gasteiger partial charge in [0.2, 0.25) is 0 Å². The summed E-state index contributed by atoms with van der Waals surface area (Å²) >= 11 is 3.71. The maximum atomic E-state index is 12.0. The minimum absolute atomic E-state index is 0.0974. The van der Waals surface area contributed by atoms with E-state index >= 15 is 0 Å². The average molecular weight is 412 g/mol. The van der Waals surface area contributed by atoms with E-state index in [1.807, 2.05) is 31.5 Å². The van der Waals surface area contributed by atoms with Crippen LogP contribution in [0.1, 0.15) is 11.3 Å². The Bertz CT molecular complexity index is 854. The smallest absolute Gasteiger partial charge is 0.274 e. The maximum absolute atomic E-state index is 12.0. The predicted octanol–water partition coefficient (Wildman–Crippen LogP) is 2.57. The van der Waals surface area contributed by atoms with Crippen molar-refractivity contribution in [3.63, 3.8) is 0 Å². The van der Waals surface area contributed by atoms with Crippen LogP contribution in [0.3, 0.4) is 0 Å². The molecule has 0 N–H and O–H groups in total. The predicted molar refractivity (Wildman–Crippen MR) is 92.0 cm³/mol. The zero-order valence-corrected chi connectivity index (χ0v) is 14.6. The average Bonchev–Trinajstić information content (AvgIpc) is 2.90. The first-order valence-corrected chi connectivity index (χ1v) is 8.63. The Kier molecular flexibility index (Phi) is 4.03. The van der Waals surface area contributed by atoms with Gasteiger partial charge in [0, 0.05) is 24.0 Å². The van der Waals surface area contributed by atoms with Crippen LogP contribution in [0.4, 0.5) is 0 Å². The lowest BCUT2D eigenvalue weighted by Crippen LogP contribution is -2.20. The number of rotatable bonds is 3. The third kappa shape index (κ3) is 2.84. The fourth-order valence-electron chi connectivity index (χ4n) is 2.19. The van der Waals surface area contributed by atoms with E-state index < -0.39 is 0 Å². The second-order valence-corrected chi connectivity index (χ2v) is 6.59. The summed E-state index contributed by atoms with van der Waals surface area (Å²) in [5.41, 5.74) is 2.72. The van der Waals surface area contributed by atoms with Gasteiger partial charge in [0.05, 0.1) is 6.54 Å². The van der Waals surface area contributed by atoms with Crippen LogP contribution in [0.2, 0.25) is 0 Å². The van der Waals surface area contributed by atoms with Crippen molar-refractivity contribution in [1.29, 1.82) is 0 Å². The minimum Gasteiger partial charge on any atom is -0.326 e. The maximum Gasteiger partial charge on any atom is 0.274 e. The molecule has 0 fully saturated rings. The van der Waals surface area contributed by atoms with Crippen LogP contribution >= 0.6 is 34.4 Å². The Morgan fingerprint density at radius 3 is 2.81 bits per heavy atom. The van der Waals surface area contributed by atoms with Crippen molar-refractivity contribution < 1.29 is 0 Å². The Labute approximate surface area is 139 Å². The van der Waals surface area contributed by atoms with Crippen LogP contribution in [-0.4, -0.2) is 25.4 Å². The number of aryl methyl sites for hydroxylation is 1. The van der Waals surface area contributed by atoms with Gasteiger partial charge < -0.3 is 4.57 Å². The quantitative estimate of drug-likeness (QED) is 0.377. The van der Waals surface area contributed by atoms with Gasteiger partial charge in [0.15, 0.2) is 0 Å². The molecule has 0 radical (unpaired) electrons. The first-order chi connectivity index (χ1) is 10.1. The third-order valence-corrected chi connectivity index (χ3v) is 4.51. The molecule has 108 valence electrons. The molecule has 5 nitrogen and oxygen atoms in total. The molecular formula is C14H13IN4OS. The van der Waals surface area contributed by atoms with Crippen molar-refractivity contribution in [3.05, 3.63) is 55.8 Å². The molecule has 0 bridgehead atoms. The normalized spacial score (nSPS) is 11.2. The fraction of sp³-hybridized carbons (Fsp3) is 0.214. The van der Waals surface area contributed by atoms with Crippen molar-refractivity contribution in [2.24, 2.45) is 0 Å². The van der Waals surface area contributed by atoms with Crippen LogP contribution in [0.5, 0.6) is 0 Å². The Hall–Kier alpha value is -1.35. The molecule has 0 unspecified atom stereocenters. The lowest BCUT2D eigenvalue weighted by atomic mass is 10.2. The number of nitrogens with zero attached hydrogens (tertiary/aromatic N) is 4. The SMILES string of the molecule is CSc1cc2n(Cc3ccc(I)nc3)c(C)cc(=O)n2n1. The highest BCUT2D eigenvalue weighted by atomic mass is 127. The van der Waals surface area contributed by atoms with Gasteiger partial charge in [-0.05, 0) is 47.4 Å². The molecule has 0 spiro atoms. The van der Waals surface area contributed by atoms with Crippen molar-refractivity contribution in [2.45, 2.75) is 18.5 Å². The number of halogens is 1. The van der Waals surface area contributed by atoms with Crippen molar-refractivity contribution in [1.82, 2.24) is 19.2 Å². The van der Waals surface area contributed by atoms with Crippen LogP contribution in [0.25, 0.3) is 5.65 Å². The van der Waals surface area contributed by atoms with Crippen LogP contribution in [-0.2, 0) is 6.54 Å². The second-order valence-electron chi connectivity index (χ2n) is 4.66. The molecule has 0 atom stereocenters. The molecule has 0 saturated heterocycles. The number of hydrogen-bond donors (Lipinski definition) is 0. The topological polar surface area (TPSA) is 52.2 Å². The summed E-state index contributed by atoms with van der Waals surface area (Å²) in [5.74, 6) is 0. The summed E-state index contributed by atoms with van der Waals surface area (Å²) in [7, 11) is 0. The van der Waals surface area contributed by atoms with Crippen LogP contribution < -0.4 is 5.56 Å². The zero-order chi connectivity index (χ0) is 15.0. The summed E-state index contributed by atoms with van der Waals surface area (Å²) in [6.07, 6.45) is 3.81. The molecule has 0 saturated carbocycles. The summed E-state index contributed by atoms with van der Waals surface area (Å²) in [4.78, 5) is 16.4. The van der Waals surface area contributed by atoms with Gasteiger partial charge in [-0.25, -0.2) is 4.98 Å². The molecule has 0 aromatic carbocycles. The van der Waals surface area contributed by atoms with Crippen molar-refractivity contribution in [2.75, 3.05) is 6.26 Å². The monoisotopic (exact) mass is 412 g/mol. The molecule has 3 heterocycles. The van der Waals surface area contributed by atoms with E-state index in [-0.39, 0.29) is 5.56 Å². The minimum atomic E-state index is -0.0974. The van der Waals surface area contributed by atoms with Crippen LogP contribution in [0, 0.1) is 10.6 Å². The first-order valence-electron chi connectivity index (χ1n) is 6.33. The van der Waals surface area contributed by atoms with Gasteiger partial charge in [-0.3, -0.25) is 4.79 Å². The van der Waals surface area contributed by atoms with Gasteiger partial charge in [-0.1, -0.05) is 6.07 Å². The molecule has 7 heteroatoms. The zero-order valence-electron chi connectivity index (χ0n) is 11.6.